The van der Waals surface area contributed by atoms with Crippen molar-refractivity contribution in [3.8, 4) is 0 Å². The molecule has 1 aliphatic rings. The molecular weight excluding hydrogens is 283 g/mol. The van der Waals surface area contributed by atoms with Crippen LogP contribution in [0.15, 0.2) is 24.3 Å². The third kappa shape index (κ3) is 4.29. The molecule has 0 saturated carbocycles. The summed E-state index contributed by atoms with van der Waals surface area (Å²) in [5.41, 5.74) is 1.02. The van der Waals surface area contributed by atoms with Crippen LogP contribution in [0.5, 0.6) is 0 Å². The van der Waals surface area contributed by atoms with Gasteiger partial charge >= 0.3 is 0 Å². The maximum absolute atomic E-state index is 13.1. The van der Waals surface area contributed by atoms with Crippen LogP contribution < -0.4 is 0 Å². The number of hydrogen-bond acceptors (Lipinski definition) is 2. The van der Waals surface area contributed by atoms with Crippen molar-refractivity contribution in [1.82, 2.24) is 9.80 Å². The Hall–Kier alpha value is -1.91. The van der Waals surface area contributed by atoms with Gasteiger partial charge in [0.15, 0.2) is 0 Å². The van der Waals surface area contributed by atoms with E-state index in [2.05, 4.69) is 6.92 Å². The topological polar surface area (TPSA) is 40.6 Å². The molecule has 1 atom stereocenters. The van der Waals surface area contributed by atoms with E-state index in [1.807, 2.05) is 4.90 Å². The summed E-state index contributed by atoms with van der Waals surface area (Å²) < 4.78 is 13.1. The minimum Gasteiger partial charge on any atom is -0.342 e. The summed E-state index contributed by atoms with van der Waals surface area (Å²) in [6.45, 7) is 4.48. The van der Waals surface area contributed by atoms with Crippen LogP contribution >= 0.6 is 0 Å². The van der Waals surface area contributed by atoms with Gasteiger partial charge in [0.25, 0.3) is 0 Å². The Morgan fingerprint density at radius 2 is 1.86 bits per heavy atom. The van der Waals surface area contributed by atoms with Crippen LogP contribution in [0.2, 0.25) is 0 Å². The molecule has 1 aromatic rings. The Labute approximate surface area is 130 Å². The van der Waals surface area contributed by atoms with Gasteiger partial charge in [0.2, 0.25) is 12.3 Å². The first-order valence-corrected chi connectivity index (χ1v) is 7.86. The van der Waals surface area contributed by atoms with E-state index in [1.54, 1.807) is 17.0 Å². The molecule has 1 aliphatic heterocycles. The molecule has 22 heavy (non-hydrogen) atoms. The molecular formula is C17H23FN2O2. The zero-order valence-corrected chi connectivity index (χ0v) is 13.0. The largest absolute Gasteiger partial charge is 0.342 e. The number of rotatable bonds is 6. The molecule has 0 bridgehead atoms. The van der Waals surface area contributed by atoms with E-state index < -0.39 is 0 Å². The van der Waals surface area contributed by atoms with Crippen LogP contribution in [0.1, 0.15) is 37.7 Å². The standard InChI is InChI=1S/C17H23FN2O2/c1-2-3-15(14-4-6-16(18)7-5-14)12-17(22)20-10-8-19(13-21)9-11-20/h4-7,13,15H,2-3,8-12H2,1H3. The average Bonchev–Trinajstić information content (AvgIpc) is 2.55. The van der Waals surface area contributed by atoms with Crippen molar-refractivity contribution in [3.63, 3.8) is 0 Å². The number of hydrogen-bond donors (Lipinski definition) is 0. The van der Waals surface area contributed by atoms with Crippen molar-refractivity contribution < 1.29 is 14.0 Å². The molecule has 2 rings (SSSR count). The number of benzene rings is 1. The van der Waals surface area contributed by atoms with Gasteiger partial charge < -0.3 is 9.80 Å². The van der Waals surface area contributed by atoms with Crippen molar-refractivity contribution in [2.24, 2.45) is 0 Å². The van der Waals surface area contributed by atoms with E-state index in [0.29, 0.717) is 32.6 Å². The van der Waals surface area contributed by atoms with Crippen molar-refractivity contribution >= 4 is 12.3 Å². The van der Waals surface area contributed by atoms with Crippen LogP contribution in [0, 0.1) is 5.82 Å². The first-order chi connectivity index (χ1) is 10.6. The van der Waals surface area contributed by atoms with Crippen LogP contribution in [-0.2, 0) is 9.59 Å². The van der Waals surface area contributed by atoms with Gasteiger partial charge in [-0.15, -0.1) is 0 Å². The fourth-order valence-corrected chi connectivity index (χ4v) is 2.89. The molecule has 0 N–H and O–H groups in total. The zero-order valence-electron chi connectivity index (χ0n) is 13.0. The van der Waals surface area contributed by atoms with Gasteiger partial charge in [-0.1, -0.05) is 25.5 Å². The number of halogens is 1. The molecule has 1 saturated heterocycles. The lowest BCUT2D eigenvalue weighted by Gasteiger charge is -2.33. The minimum atomic E-state index is -0.254. The summed E-state index contributed by atoms with van der Waals surface area (Å²) >= 11 is 0. The Morgan fingerprint density at radius 3 is 2.41 bits per heavy atom. The normalized spacial score (nSPS) is 16.5. The molecule has 0 aromatic heterocycles. The number of carbonyl (C=O) groups excluding carboxylic acids is 2. The van der Waals surface area contributed by atoms with Crippen molar-refractivity contribution in [3.05, 3.63) is 35.6 Å². The SMILES string of the molecule is CCCC(CC(=O)N1CCN(C=O)CC1)c1ccc(F)cc1. The van der Waals surface area contributed by atoms with Crippen LogP contribution in [0.3, 0.4) is 0 Å². The first kappa shape index (κ1) is 16.5. The summed E-state index contributed by atoms with van der Waals surface area (Å²) in [4.78, 5) is 26.7. The highest BCUT2D eigenvalue weighted by Gasteiger charge is 2.23. The lowest BCUT2D eigenvalue weighted by atomic mass is 9.91. The van der Waals surface area contributed by atoms with E-state index in [-0.39, 0.29) is 17.6 Å². The second-order valence-corrected chi connectivity index (χ2v) is 5.76. The van der Waals surface area contributed by atoms with Crippen LogP contribution in [0.4, 0.5) is 4.39 Å². The second kappa shape index (κ2) is 7.92. The molecule has 1 fully saturated rings. The van der Waals surface area contributed by atoms with Crippen molar-refractivity contribution in [2.45, 2.75) is 32.1 Å². The molecule has 1 aromatic carbocycles. The minimum absolute atomic E-state index is 0.119. The number of carbonyl (C=O) groups is 2. The smallest absolute Gasteiger partial charge is 0.223 e. The Bertz CT molecular complexity index is 496. The van der Waals surface area contributed by atoms with Crippen LogP contribution in [0.25, 0.3) is 0 Å². The molecule has 4 nitrogen and oxygen atoms in total. The highest BCUT2D eigenvalue weighted by atomic mass is 19.1. The van der Waals surface area contributed by atoms with Gasteiger partial charge in [-0.05, 0) is 30.0 Å². The number of nitrogens with zero attached hydrogens (tertiary/aromatic N) is 2. The molecule has 2 amide bonds. The predicted octanol–water partition coefficient (Wildman–Crippen LogP) is 2.40. The van der Waals surface area contributed by atoms with E-state index in [1.165, 1.54) is 12.1 Å². The number of piperazine rings is 1. The highest BCUT2D eigenvalue weighted by Crippen LogP contribution is 2.26. The molecule has 120 valence electrons. The molecule has 0 aliphatic carbocycles. The van der Waals surface area contributed by atoms with Gasteiger partial charge in [-0.2, -0.15) is 0 Å². The van der Waals surface area contributed by atoms with E-state index in [9.17, 15) is 14.0 Å². The highest BCUT2D eigenvalue weighted by molar-refractivity contribution is 5.77. The zero-order chi connectivity index (χ0) is 15.9. The molecule has 5 heteroatoms. The average molecular weight is 306 g/mol. The van der Waals surface area contributed by atoms with E-state index in [0.717, 1.165) is 24.8 Å². The van der Waals surface area contributed by atoms with Gasteiger partial charge in [0.05, 0.1) is 0 Å². The third-order valence-corrected chi connectivity index (χ3v) is 4.22. The van der Waals surface area contributed by atoms with Gasteiger partial charge in [0, 0.05) is 32.6 Å². The van der Waals surface area contributed by atoms with Gasteiger partial charge in [-0.3, -0.25) is 9.59 Å². The van der Waals surface area contributed by atoms with Gasteiger partial charge in [-0.25, -0.2) is 4.39 Å². The Kier molecular flexibility index (Phi) is 5.92. The van der Waals surface area contributed by atoms with Crippen molar-refractivity contribution in [1.29, 1.82) is 0 Å². The van der Waals surface area contributed by atoms with E-state index >= 15 is 0 Å². The van der Waals surface area contributed by atoms with Gasteiger partial charge in [0.1, 0.15) is 5.82 Å². The summed E-state index contributed by atoms with van der Waals surface area (Å²) in [5.74, 6) is -0.00849. The molecule has 1 unspecified atom stereocenters. The monoisotopic (exact) mass is 306 g/mol. The predicted molar refractivity (Wildman–Crippen MR) is 82.9 cm³/mol. The Morgan fingerprint density at radius 1 is 1.23 bits per heavy atom. The maximum Gasteiger partial charge on any atom is 0.223 e. The molecule has 1 heterocycles. The summed E-state index contributed by atoms with van der Waals surface area (Å²) in [6, 6.07) is 6.44. The maximum atomic E-state index is 13.1. The van der Waals surface area contributed by atoms with Crippen molar-refractivity contribution in [2.75, 3.05) is 26.2 Å². The summed E-state index contributed by atoms with van der Waals surface area (Å²) in [6.07, 6.45) is 3.17. The fraction of sp³-hybridized carbons (Fsp3) is 0.529. The third-order valence-electron chi connectivity index (χ3n) is 4.22. The lowest BCUT2D eigenvalue weighted by Crippen LogP contribution is -2.48. The summed E-state index contributed by atoms with van der Waals surface area (Å²) in [5, 5.41) is 0. The fourth-order valence-electron chi connectivity index (χ4n) is 2.89. The number of amides is 2. The lowest BCUT2D eigenvalue weighted by molar-refractivity contribution is -0.135. The summed E-state index contributed by atoms with van der Waals surface area (Å²) in [7, 11) is 0. The Balaban J connectivity index is 1.97. The molecule has 0 spiro atoms. The quantitative estimate of drug-likeness (QED) is 0.757. The first-order valence-electron chi connectivity index (χ1n) is 7.86. The molecule has 0 radical (unpaired) electrons. The van der Waals surface area contributed by atoms with Crippen LogP contribution in [-0.4, -0.2) is 48.3 Å². The van der Waals surface area contributed by atoms with E-state index in [4.69, 9.17) is 0 Å². The second-order valence-electron chi connectivity index (χ2n) is 5.76.